The zero-order valence-electron chi connectivity index (χ0n) is 33.2. The molecule has 2 fully saturated rings. The molecule has 3 N–H and O–H groups in total. The van der Waals surface area contributed by atoms with Gasteiger partial charge in [-0.05, 0) is 118 Å². The number of carbonyl (C=O) groups excluding carboxylic acids is 3. The van der Waals surface area contributed by atoms with Gasteiger partial charge in [0.2, 0.25) is 20.2 Å². The minimum Gasteiger partial charge on any atom is -0.494 e. The predicted molar refractivity (Wildman–Crippen MR) is 223 cm³/mol. The van der Waals surface area contributed by atoms with Gasteiger partial charge in [0.05, 0.1) is 55.7 Å². The summed E-state index contributed by atoms with van der Waals surface area (Å²) >= 11 is 3.60. The Labute approximate surface area is 343 Å². The number of rotatable bonds is 14. The van der Waals surface area contributed by atoms with E-state index in [0.717, 1.165) is 46.3 Å². The molecule has 0 radical (unpaired) electrons. The lowest BCUT2D eigenvalue weighted by Crippen LogP contribution is -2.49. The standard InChI is InChI=1S/C43H54BrFN4O7Si/c1-5-55-33-15-17-36-29(21-33)22-35(46-18-6-7-20-50)41(53)49(36)31-13-10-28(11-14-31)25-48-37-16-12-30(44)23-34(37)43(42(48)54)27(2)40(57(3,4)45)38(56-43)24-39(52)47-19-8-9-32(47)26-51/h10-17,21,23,27,32,35,38,40,46,50-51H,5-9,18-20,22,24-26H2,1-4H3/t27-,32-,35?,38+,40-,43+/m0/s1. The first kappa shape index (κ1) is 41.5. The molecule has 4 heterocycles. The van der Waals surface area contributed by atoms with Crippen LogP contribution in [0.3, 0.4) is 0 Å². The van der Waals surface area contributed by atoms with Crippen LogP contribution in [0.1, 0.15) is 62.6 Å². The molecule has 4 aliphatic rings. The van der Waals surface area contributed by atoms with Crippen molar-refractivity contribution in [1.82, 2.24) is 10.2 Å². The largest absolute Gasteiger partial charge is 0.494 e. The first-order chi connectivity index (χ1) is 27.3. The number of aliphatic hydroxyl groups excluding tert-OH is 2. The molecule has 7 rings (SSSR count). The number of amides is 3. The van der Waals surface area contributed by atoms with E-state index in [1.54, 1.807) is 27.8 Å². The van der Waals surface area contributed by atoms with Gasteiger partial charge >= 0.3 is 0 Å². The molecule has 3 aromatic carbocycles. The minimum atomic E-state index is -3.50. The van der Waals surface area contributed by atoms with Crippen molar-refractivity contribution in [2.45, 2.75) is 101 Å². The number of hydrogen-bond donors (Lipinski definition) is 3. The van der Waals surface area contributed by atoms with E-state index in [4.69, 9.17) is 9.47 Å². The molecule has 0 bridgehead atoms. The van der Waals surface area contributed by atoms with Crippen molar-refractivity contribution in [3.05, 3.63) is 81.8 Å². The van der Waals surface area contributed by atoms with Gasteiger partial charge in [-0.1, -0.05) is 35.0 Å². The summed E-state index contributed by atoms with van der Waals surface area (Å²) in [5, 5.41) is 22.6. The highest BCUT2D eigenvalue weighted by molar-refractivity contribution is 9.10. The van der Waals surface area contributed by atoms with E-state index in [0.29, 0.717) is 49.5 Å². The molecule has 4 aliphatic heterocycles. The van der Waals surface area contributed by atoms with Gasteiger partial charge in [-0.2, -0.15) is 0 Å². The number of unbranched alkanes of at least 4 members (excludes halogenated alkanes) is 1. The maximum Gasteiger partial charge on any atom is 0.264 e. The Kier molecular flexibility index (Phi) is 12.3. The van der Waals surface area contributed by atoms with Crippen molar-refractivity contribution < 1.29 is 38.2 Å². The molecular weight excluding hydrogens is 811 g/mol. The number of fused-ring (bicyclic) bond motifs is 3. The van der Waals surface area contributed by atoms with E-state index >= 15 is 4.11 Å². The van der Waals surface area contributed by atoms with Gasteiger partial charge in [0, 0.05) is 40.3 Å². The molecule has 57 heavy (non-hydrogen) atoms. The SMILES string of the molecule is CCOc1ccc2c(c1)CC(NCCCCO)C(=O)N2c1ccc(CN2C(=O)[C@]3(O[C@H](CC(=O)N4CCC[C@H]4CO)[C@@H]([Si](C)(C)F)[C@@H]3C)c3cc(Br)ccc32)cc1. The fourth-order valence-corrected chi connectivity index (χ4v) is 12.5. The average Bonchev–Trinajstić information content (AvgIpc) is 3.84. The van der Waals surface area contributed by atoms with E-state index in [1.807, 2.05) is 74.5 Å². The minimum absolute atomic E-state index is 0.0595. The summed E-state index contributed by atoms with van der Waals surface area (Å²) in [5.41, 5.74) is 2.48. The Morgan fingerprint density at radius 2 is 1.82 bits per heavy atom. The molecule has 11 nitrogen and oxygen atoms in total. The molecule has 3 amide bonds. The highest BCUT2D eigenvalue weighted by Gasteiger charge is 2.67. The third-order valence-corrected chi connectivity index (χ3v) is 15.2. The van der Waals surface area contributed by atoms with E-state index < -0.39 is 37.6 Å². The average molecular weight is 866 g/mol. The maximum atomic E-state index is 16.4. The normalized spacial score (nSPS) is 25.8. The second-order valence-corrected chi connectivity index (χ2v) is 21.0. The highest BCUT2D eigenvalue weighted by Crippen LogP contribution is 2.60. The number of benzene rings is 3. The summed E-state index contributed by atoms with van der Waals surface area (Å²) in [6.45, 7) is 8.92. The number of aliphatic hydroxyl groups is 2. The van der Waals surface area contributed by atoms with Gasteiger partial charge in [-0.3, -0.25) is 19.3 Å². The molecule has 2 saturated heterocycles. The molecule has 0 saturated carbocycles. The van der Waals surface area contributed by atoms with Crippen molar-refractivity contribution in [3.63, 3.8) is 0 Å². The first-order valence-electron chi connectivity index (χ1n) is 20.2. The number of nitrogens with one attached hydrogen (secondary N) is 1. The zero-order valence-corrected chi connectivity index (χ0v) is 35.8. The number of nitrogens with zero attached hydrogens (tertiary/aromatic N) is 3. The van der Waals surface area contributed by atoms with Gasteiger partial charge < -0.3 is 38.9 Å². The Morgan fingerprint density at radius 3 is 2.53 bits per heavy atom. The van der Waals surface area contributed by atoms with Gasteiger partial charge in [-0.25, -0.2) is 0 Å². The Bertz CT molecular complexity index is 1980. The highest BCUT2D eigenvalue weighted by atomic mass is 79.9. The third kappa shape index (κ3) is 7.81. The van der Waals surface area contributed by atoms with Crippen molar-refractivity contribution in [3.8, 4) is 5.75 Å². The summed E-state index contributed by atoms with van der Waals surface area (Å²) < 4.78 is 29.8. The lowest BCUT2D eigenvalue weighted by Gasteiger charge is -2.35. The maximum absolute atomic E-state index is 16.4. The second-order valence-electron chi connectivity index (χ2n) is 16.3. The summed E-state index contributed by atoms with van der Waals surface area (Å²) in [6.07, 6.45) is 2.56. The van der Waals surface area contributed by atoms with Crippen molar-refractivity contribution in [1.29, 1.82) is 0 Å². The molecule has 306 valence electrons. The molecule has 0 aliphatic carbocycles. The fraction of sp³-hybridized carbons (Fsp3) is 0.512. The molecular formula is C43H54BrFN4O7Si. The lowest BCUT2D eigenvalue weighted by atomic mass is 9.82. The summed E-state index contributed by atoms with van der Waals surface area (Å²) in [5.74, 6) is -0.370. The Balaban J connectivity index is 1.17. The molecule has 3 aromatic rings. The number of carbonyl (C=O) groups is 3. The number of halogens is 2. The topological polar surface area (TPSA) is 132 Å². The molecule has 0 aromatic heterocycles. The van der Waals surface area contributed by atoms with Crippen molar-refractivity contribution >= 4 is 59.1 Å². The van der Waals surface area contributed by atoms with Crippen molar-refractivity contribution in [2.24, 2.45) is 5.92 Å². The van der Waals surface area contributed by atoms with E-state index in [2.05, 4.69) is 21.2 Å². The van der Waals surface area contributed by atoms with Crippen LogP contribution in [-0.2, 0) is 37.7 Å². The Morgan fingerprint density at radius 1 is 1.07 bits per heavy atom. The van der Waals surface area contributed by atoms with Gasteiger partial charge in [-0.15, -0.1) is 0 Å². The van der Waals surface area contributed by atoms with Crippen LogP contribution in [0.4, 0.5) is 21.2 Å². The monoisotopic (exact) mass is 864 g/mol. The van der Waals surface area contributed by atoms with E-state index in [-0.39, 0.29) is 49.9 Å². The Hall–Kier alpha value is -3.66. The summed E-state index contributed by atoms with van der Waals surface area (Å²) in [7, 11) is -3.50. The van der Waals surface area contributed by atoms with Crippen LogP contribution in [-0.4, -0.2) is 92.3 Å². The number of ether oxygens (including phenoxy) is 2. The van der Waals surface area contributed by atoms with Crippen LogP contribution in [0.5, 0.6) is 5.75 Å². The first-order valence-corrected chi connectivity index (χ1v) is 24.0. The van der Waals surface area contributed by atoms with E-state index in [9.17, 15) is 24.6 Å². The molecule has 1 spiro atoms. The van der Waals surface area contributed by atoms with Gasteiger partial charge in [0.1, 0.15) is 5.75 Å². The molecule has 6 atom stereocenters. The van der Waals surface area contributed by atoms with Crippen LogP contribution in [0, 0.1) is 5.92 Å². The smallest absolute Gasteiger partial charge is 0.264 e. The number of anilines is 3. The zero-order chi connectivity index (χ0) is 40.6. The third-order valence-electron chi connectivity index (χ3n) is 12.3. The fourth-order valence-electron chi connectivity index (χ4n) is 9.67. The van der Waals surface area contributed by atoms with Crippen LogP contribution in [0.2, 0.25) is 18.6 Å². The summed E-state index contributed by atoms with van der Waals surface area (Å²) in [4.78, 5) is 47.8. The lowest BCUT2D eigenvalue weighted by molar-refractivity contribution is -0.150. The van der Waals surface area contributed by atoms with Gasteiger partial charge in [0.25, 0.3) is 5.91 Å². The van der Waals surface area contributed by atoms with Gasteiger partial charge in [0.15, 0.2) is 5.60 Å². The van der Waals surface area contributed by atoms with Crippen LogP contribution < -0.4 is 19.9 Å². The van der Waals surface area contributed by atoms with Crippen molar-refractivity contribution in [2.75, 3.05) is 42.7 Å². The predicted octanol–water partition coefficient (Wildman–Crippen LogP) is 6.49. The van der Waals surface area contributed by atoms with Crippen LogP contribution in [0.25, 0.3) is 0 Å². The summed E-state index contributed by atoms with van der Waals surface area (Å²) in [6, 6.07) is 18.3. The number of likely N-dealkylation sites (tertiary alicyclic amines) is 1. The molecule has 14 heteroatoms. The van der Waals surface area contributed by atoms with Crippen LogP contribution >= 0.6 is 15.9 Å². The quantitative estimate of drug-likeness (QED) is 0.0953. The molecule has 1 unspecified atom stereocenters. The second kappa shape index (κ2) is 16.9. The van der Waals surface area contributed by atoms with E-state index in [1.165, 1.54) is 0 Å². The van der Waals surface area contributed by atoms with Crippen LogP contribution in [0.15, 0.2) is 65.1 Å². The number of hydrogen-bond acceptors (Lipinski definition) is 8.